The Kier molecular flexibility index (Phi) is 4.33. The van der Waals surface area contributed by atoms with E-state index in [1.807, 2.05) is 6.92 Å². The van der Waals surface area contributed by atoms with Crippen molar-refractivity contribution in [2.24, 2.45) is 17.8 Å². The van der Waals surface area contributed by atoms with Crippen LogP contribution in [0.3, 0.4) is 0 Å². The summed E-state index contributed by atoms with van der Waals surface area (Å²) in [5.74, 6) is -0.656. The van der Waals surface area contributed by atoms with Gasteiger partial charge in [-0.25, -0.2) is 13.1 Å². The van der Waals surface area contributed by atoms with Crippen molar-refractivity contribution < 1.29 is 23.1 Å². The van der Waals surface area contributed by atoms with Crippen molar-refractivity contribution in [2.45, 2.75) is 37.1 Å². The van der Waals surface area contributed by atoms with Gasteiger partial charge in [-0.05, 0) is 55.9 Å². The van der Waals surface area contributed by atoms with Crippen LogP contribution < -0.4 is 9.46 Å². The Labute approximate surface area is 135 Å². The molecule has 0 amide bonds. The highest BCUT2D eigenvalue weighted by Crippen LogP contribution is 2.51. The number of nitrogens with one attached hydrogen (secondary N) is 1. The van der Waals surface area contributed by atoms with Crippen LogP contribution in [0, 0.1) is 17.8 Å². The molecular formula is C16H21NO5S. The summed E-state index contributed by atoms with van der Waals surface area (Å²) in [6.07, 6.45) is 2.74. The van der Waals surface area contributed by atoms with Gasteiger partial charge >= 0.3 is 5.97 Å². The van der Waals surface area contributed by atoms with Gasteiger partial charge in [0.2, 0.25) is 10.0 Å². The fourth-order valence-corrected chi connectivity index (χ4v) is 5.23. The van der Waals surface area contributed by atoms with Crippen LogP contribution in [0.2, 0.25) is 0 Å². The third-order valence-corrected chi connectivity index (χ3v) is 6.43. The first kappa shape index (κ1) is 16.3. The van der Waals surface area contributed by atoms with Gasteiger partial charge in [0.05, 0.1) is 17.4 Å². The molecule has 2 N–H and O–H groups in total. The SMILES string of the molecule is CCOc1ccc(S(=O)(=O)N[C@H]2[C@@H]3CCC[C@@H]3[C@@H]2C(=O)O)cc1. The number of hydrogen-bond donors (Lipinski definition) is 2. The molecule has 0 unspecified atom stereocenters. The first-order chi connectivity index (χ1) is 10.9. The third kappa shape index (κ3) is 2.95. The number of aliphatic carboxylic acids is 1. The normalized spacial score (nSPS) is 29.6. The minimum Gasteiger partial charge on any atom is -0.494 e. The minimum absolute atomic E-state index is 0.112. The molecular weight excluding hydrogens is 318 g/mol. The lowest BCUT2D eigenvalue weighted by Crippen LogP contribution is -2.60. The Bertz CT molecular complexity index is 685. The van der Waals surface area contributed by atoms with E-state index in [0.29, 0.717) is 12.4 Å². The molecule has 0 aromatic heterocycles. The molecule has 0 radical (unpaired) electrons. The molecule has 0 bridgehead atoms. The van der Waals surface area contributed by atoms with Crippen LogP contribution in [0.5, 0.6) is 5.75 Å². The van der Waals surface area contributed by atoms with Crippen LogP contribution in [0.15, 0.2) is 29.2 Å². The lowest BCUT2D eigenvalue weighted by molar-refractivity contribution is -0.152. The molecule has 0 heterocycles. The standard InChI is InChI=1S/C16H21NO5S/c1-2-22-10-6-8-11(9-7-10)23(20,21)17-15-13-5-3-4-12(13)14(15)16(18)19/h6-9,12-15,17H,2-5H2,1H3,(H,18,19)/t12-,13+,14-,15-/m0/s1. The predicted octanol–water partition coefficient (Wildman–Crippen LogP) is 1.86. The second-order valence-electron chi connectivity index (χ2n) is 6.17. The maximum Gasteiger partial charge on any atom is 0.308 e. The van der Waals surface area contributed by atoms with E-state index in [-0.39, 0.29) is 16.7 Å². The fraction of sp³-hybridized carbons (Fsp3) is 0.562. The van der Waals surface area contributed by atoms with Crippen molar-refractivity contribution in [2.75, 3.05) is 6.61 Å². The highest BCUT2D eigenvalue weighted by Gasteiger charge is 2.56. The summed E-state index contributed by atoms with van der Waals surface area (Å²) in [6, 6.07) is 5.66. The van der Waals surface area contributed by atoms with E-state index in [2.05, 4.69) is 4.72 Å². The molecule has 6 nitrogen and oxygen atoms in total. The lowest BCUT2D eigenvalue weighted by Gasteiger charge is -2.46. The summed E-state index contributed by atoms with van der Waals surface area (Å²) < 4.78 is 32.9. The van der Waals surface area contributed by atoms with Crippen molar-refractivity contribution in [1.82, 2.24) is 4.72 Å². The molecule has 0 spiro atoms. The number of benzene rings is 1. The van der Waals surface area contributed by atoms with E-state index in [1.54, 1.807) is 12.1 Å². The van der Waals surface area contributed by atoms with Gasteiger partial charge in [-0.3, -0.25) is 4.79 Å². The zero-order valence-electron chi connectivity index (χ0n) is 12.9. The van der Waals surface area contributed by atoms with Crippen LogP contribution in [-0.4, -0.2) is 32.1 Å². The van der Waals surface area contributed by atoms with E-state index in [9.17, 15) is 18.3 Å². The molecule has 3 rings (SSSR count). The molecule has 2 aliphatic carbocycles. The van der Waals surface area contributed by atoms with Gasteiger partial charge in [0, 0.05) is 6.04 Å². The number of fused-ring (bicyclic) bond motifs is 1. The largest absolute Gasteiger partial charge is 0.494 e. The number of ether oxygens (including phenoxy) is 1. The summed E-state index contributed by atoms with van der Waals surface area (Å²) in [7, 11) is -3.73. The van der Waals surface area contributed by atoms with Crippen LogP contribution in [0.1, 0.15) is 26.2 Å². The van der Waals surface area contributed by atoms with Crippen molar-refractivity contribution in [3.8, 4) is 5.75 Å². The number of sulfonamides is 1. The second-order valence-corrected chi connectivity index (χ2v) is 7.89. The first-order valence-corrected chi connectivity index (χ1v) is 9.40. The topological polar surface area (TPSA) is 92.7 Å². The molecule has 23 heavy (non-hydrogen) atoms. The Morgan fingerprint density at radius 3 is 2.52 bits per heavy atom. The molecule has 0 aliphatic heterocycles. The van der Waals surface area contributed by atoms with Crippen molar-refractivity contribution in [1.29, 1.82) is 0 Å². The van der Waals surface area contributed by atoms with E-state index >= 15 is 0 Å². The number of carbonyl (C=O) groups is 1. The van der Waals surface area contributed by atoms with Crippen LogP contribution in [0.4, 0.5) is 0 Å². The Balaban J connectivity index is 1.76. The molecule has 1 aromatic carbocycles. The Morgan fingerprint density at radius 1 is 1.26 bits per heavy atom. The third-order valence-electron chi connectivity index (χ3n) is 4.96. The molecule has 126 valence electrons. The molecule has 2 aliphatic rings. The monoisotopic (exact) mass is 339 g/mol. The molecule has 7 heteroatoms. The summed E-state index contributed by atoms with van der Waals surface area (Å²) >= 11 is 0. The summed E-state index contributed by atoms with van der Waals surface area (Å²) in [5.41, 5.74) is 0. The number of carboxylic acids is 1. The molecule has 0 saturated heterocycles. The summed E-state index contributed by atoms with van der Waals surface area (Å²) in [5, 5.41) is 9.36. The van der Waals surface area contributed by atoms with Crippen molar-refractivity contribution >= 4 is 16.0 Å². The quantitative estimate of drug-likeness (QED) is 0.825. The average molecular weight is 339 g/mol. The van der Waals surface area contributed by atoms with Gasteiger partial charge in [0.15, 0.2) is 0 Å². The zero-order valence-corrected chi connectivity index (χ0v) is 13.8. The van der Waals surface area contributed by atoms with Gasteiger partial charge in [-0.15, -0.1) is 0 Å². The predicted molar refractivity (Wildman–Crippen MR) is 83.7 cm³/mol. The van der Waals surface area contributed by atoms with Crippen LogP contribution >= 0.6 is 0 Å². The van der Waals surface area contributed by atoms with Gasteiger partial charge < -0.3 is 9.84 Å². The van der Waals surface area contributed by atoms with Crippen LogP contribution in [0.25, 0.3) is 0 Å². The highest BCUT2D eigenvalue weighted by molar-refractivity contribution is 7.89. The van der Waals surface area contributed by atoms with E-state index in [4.69, 9.17) is 4.74 Å². The number of hydrogen-bond acceptors (Lipinski definition) is 4. The smallest absolute Gasteiger partial charge is 0.308 e. The van der Waals surface area contributed by atoms with Crippen LogP contribution in [-0.2, 0) is 14.8 Å². The van der Waals surface area contributed by atoms with Gasteiger partial charge in [-0.1, -0.05) is 6.42 Å². The Hall–Kier alpha value is -1.60. The molecule has 4 atom stereocenters. The highest BCUT2D eigenvalue weighted by atomic mass is 32.2. The fourth-order valence-electron chi connectivity index (χ4n) is 3.92. The van der Waals surface area contributed by atoms with Gasteiger partial charge in [0.1, 0.15) is 5.75 Å². The van der Waals surface area contributed by atoms with Gasteiger partial charge in [0.25, 0.3) is 0 Å². The molecule has 2 saturated carbocycles. The Morgan fingerprint density at radius 2 is 1.91 bits per heavy atom. The average Bonchev–Trinajstić information content (AvgIpc) is 2.89. The maximum absolute atomic E-state index is 12.5. The second kappa shape index (κ2) is 6.13. The molecule has 1 aromatic rings. The maximum atomic E-state index is 12.5. The van der Waals surface area contributed by atoms with Crippen molar-refractivity contribution in [3.05, 3.63) is 24.3 Å². The lowest BCUT2D eigenvalue weighted by atomic mass is 9.63. The number of carboxylic acid groups (broad SMARTS) is 1. The van der Waals surface area contributed by atoms with E-state index < -0.39 is 28.0 Å². The minimum atomic E-state index is -3.73. The summed E-state index contributed by atoms with van der Waals surface area (Å²) in [6.45, 7) is 2.36. The van der Waals surface area contributed by atoms with E-state index in [1.165, 1.54) is 12.1 Å². The van der Waals surface area contributed by atoms with Gasteiger partial charge in [-0.2, -0.15) is 0 Å². The first-order valence-electron chi connectivity index (χ1n) is 7.92. The summed E-state index contributed by atoms with van der Waals surface area (Å²) in [4.78, 5) is 11.6. The number of rotatable bonds is 6. The van der Waals surface area contributed by atoms with Crippen molar-refractivity contribution in [3.63, 3.8) is 0 Å². The molecule has 2 fully saturated rings. The zero-order chi connectivity index (χ0) is 16.6. The van der Waals surface area contributed by atoms with E-state index in [0.717, 1.165) is 19.3 Å².